The summed E-state index contributed by atoms with van der Waals surface area (Å²) in [5, 5.41) is 20.8. The van der Waals surface area contributed by atoms with Crippen LogP contribution in [0.1, 0.15) is 78.1 Å². The van der Waals surface area contributed by atoms with Crippen LogP contribution in [0.5, 0.6) is 0 Å². The number of aliphatic hydroxyl groups is 1. The summed E-state index contributed by atoms with van der Waals surface area (Å²) in [6.07, 6.45) is 12.7. The highest BCUT2D eigenvalue weighted by Gasteiger charge is 2.71. The van der Waals surface area contributed by atoms with Crippen LogP contribution in [-0.4, -0.2) is 29.7 Å². The van der Waals surface area contributed by atoms with Gasteiger partial charge in [0.1, 0.15) is 0 Å². The third-order valence-electron chi connectivity index (χ3n) is 11.1. The van der Waals surface area contributed by atoms with Crippen LogP contribution < -0.4 is 0 Å². The maximum absolute atomic E-state index is 12.0. The third kappa shape index (κ3) is 2.33. The number of ether oxygens (including phenoxy) is 2. The van der Waals surface area contributed by atoms with Gasteiger partial charge in [0.2, 0.25) is 0 Å². The van der Waals surface area contributed by atoms with Crippen LogP contribution in [0.2, 0.25) is 0 Å². The van der Waals surface area contributed by atoms with Crippen molar-refractivity contribution in [1.29, 1.82) is 5.26 Å². The molecule has 0 aromatic rings. The Morgan fingerprint density at radius 1 is 1.00 bits per heavy atom. The average molecular weight is 412 g/mol. The molecule has 5 aliphatic carbocycles. The summed E-state index contributed by atoms with van der Waals surface area (Å²) in [4.78, 5) is 0. The third-order valence-corrected chi connectivity index (χ3v) is 11.1. The monoisotopic (exact) mass is 411 g/mol. The van der Waals surface area contributed by atoms with Gasteiger partial charge in [0, 0.05) is 23.7 Å². The molecule has 4 nitrogen and oxygen atoms in total. The van der Waals surface area contributed by atoms with E-state index in [1.54, 1.807) is 5.57 Å². The molecular weight excluding hydrogens is 374 g/mol. The lowest BCUT2D eigenvalue weighted by atomic mass is 9.43. The number of allylic oxidation sites excluding steroid dienone is 2. The van der Waals surface area contributed by atoms with Gasteiger partial charge < -0.3 is 14.6 Å². The molecule has 164 valence electrons. The Morgan fingerprint density at radius 2 is 1.70 bits per heavy atom. The smallest absolute Gasteiger partial charge is 0.174 e. The van der Waals surface area contributed by atoms with Crippen LogP contribution in [0, 0.1) is 51.8 Å². The first-order valence-electron chi connectivity index (χ1n) is 12.4. The predicted molar refractivity (Wildman–Crippen MR) is 113 cm³/mol. The van der Waals surface area contributed by atoms with E-state index in [-0.39, 0.29) is 16.6 Å². The second kappa shape index (κ2) is 6.33. The number of unbranched alkanes of at least 4 members (excludes halogenated alkanes) is 1. The number of fused-ring (bicyclic) bond motifs is 7. The number of nitriles is 1. The first-order chi connectivity index (χ1) is 14.4. The molecule has 8 atom stereocenters. The first kappa shape index (κ1) is 19.8. The number of hydrogen-bond acceptors (Lipinski definition) is 4. The Bertz CT molecular complexity index is 810. The van der Waals surface area contributed by atoms with Crippen molar-refractivity contribution in [1.82, 2.24) is 0 Å². The van der Waals surface area contributed by atoms with Crippen molar-refractivity contribution in [3.05, 3.63) is 11.6 Å². The molecular formula is C26H37NO3. The van der Waals surface area contributed by atoms with Crippen molar-refractivity contribution in [3.63, 3.8) is 0 Å². The molecule has 1 heterocycles. The van der Waals surface area contributed by atoms with Gasteiger partial charge >= 0.3 is 0 Å². The standard InChI is InChI=1S/C26H37NO3/c1-23-9-7-22-18(21(23)8-11-26(23)29-13-14-30-26)6-10-25(28)16-20-17(5-3-4-12-27)19(20)15-24(22,25)2/h5,18-22,28H,3-4,6-11,13-16H2,1-2H3/t18-,19?,20-,21-,22-,23-,24+,25+/m0/s1. The van der Waals surface area contributed by atoms with Crippen molar-refractivity contribution in [2.75, 3.05) is 13.2 Å². The summed E-state index contributed by atoms with van der Waals surface area (Å²) in [5.41, 5.74) is 1.20. The zero-order chi connectivity index (χ0) is 20.8. The molecule has 0 aromatic carbocycles. The topological polar surface area (TPSA) is 62.5 Å². The molecule has 1 spiro atoms. The molecule has 6 rings (SSSR count). The number of rotatable bonds is 2. The molecule has 0 amide bonds. The van der Waals surface area contributed by atoms with Crippen molar-refractivity contribution in [2.24, 2.45) is 40.4 Å². The minimum absolute atomic E-state index is 0.0242. The van der Waals surface area contributed by atoms with Crippen molar-refractivity contribution >= 4 is 0 Å². The Hall–Kier alpha value is -0.890. The molecule has 0 radical (unpaired) electrons. The molecule has 0 aromatic heterocycles. The number of nitrogens with zero attached hydrogens (tertiary/aromatic N) is 1. The van der Waals surface area contributed by atoms with E-state index < -0.39 is 5.60 Å². The van der Waals surface area contributed by atoms with E-state index in [9.17, 15) is 5.11 Å². The first-order valence-corrected chi connectivity index (χ1v) is 12.4. The highest BCUT2D eigenvalue weighted by Crippen LogP contribution is 2.74. The van der Waals surface area contributed by atoms with E-state index in [0.29, 0.717) is 36.0 Å². The Kier molecular flexibility index (Phi) is 4.17. The second-order valence-electron chi connectivity index (χ2n) is 11.8. The molecule has 30 heavy (non-hydrogen) atoms. The Balaban J connectivity index is 1.28. The summed E-state index contributed by atoms with van der Waals surface area (Å²) in [5.74, 6) is 2.90. The summed E-state index contributed by atoms with van der Waals surface area (Å²) >= 11 is 0. The van der Waals surface area contributed by atoms with Crippen LogP contribution in [0.3, 0.4) is 0 Å². The lowest BCUT2D eigenvalue weighted by molar-refractivity contribution is -0.259. The Morgan fingerprint density at radius 3 is 2.47 bits per heavy atom. The van der Waals surface area contributed by atoms with Gasteiger partial charge in [0.15, 0.2) is 5.79 Å². The van der Waals surface area contributed by atoms with Gasteiger partial charge in [0.25, 0.3) is 0 Å². The maximum atomic E-state index is 12.0. The normalized spacial score (nSPS) is 54.2. The lowest BCUT2D eigenvalue weighted by Gasteiger charge is -2.63. The zero-order valence-corrected chi connectivity index (χ0v) is 18.7. The van der Waals surface area contributed by atoms with Crippen molar-refractivity contribution in [3.8, 4) is 6.07 Å². The summed E-state index contributed by atoms with van der Waals surface area (Å²) < 4.78 is 12.6. The van der Waals surface area contributed by atoms with Gasteiger partial charge in [-0.05, 0) is 81.0 Å². The molecule has 0 bridgehead atoms. The molecule has 5 saturated carbocycles. The quantitative estimate of drug-likeness (QED) is 0.514. The lowest BCUT2D eigenvalue weighted by Crippen LogP contribution is -2.62. The Labute approximate surface area is 181 Å². The summed E-state index contributed by atoms with van der Waals surface area (Å²) in [6.45, 7) is 6.38. The fourth-order valence-corrected chi connectivity index (χ4v) is 9.43. The fourth-order valence-electron chi connectivity index (χ4n) is 9.43. The van der Waals surface area contributed by atoms with Gasteiger partial charge in [-0.25, -0.2) is 0 Å². The van der Waals surface area contributed by atoms with E-state index >= 15 is 0 Å². The summed E-state index contributed by atoms with van der Waals surface area (Å²) in [7, 11) is 0. The molecule has 6 fully saturated rings. The molecule has 4 heteroatoms. The predicted octanol–water partition coefficient (Wildman–Crippen LogP) is 4.97. The van der Waals surface area contributed by atoms with E-state index in [2.05, 4.69) is 26.0 Å². The van der Waals surface area contributed by atoms with E-state index in [1.807, 2.05) is 0 Å². The van der Waals surface area contributed by atoms with Crippen LogP contribution in [-0.2, 0) is 9.47 Å². The van der Waals surface area contributed by atoms with Crippen LogP contribution in [0.4, 0.5) is 0 Å². The van der Waals surface area contributed by atoms with Crippen molar-refractivity contribution in [2.45, 2.75) is 89.4 Å². The zero-order valence-electron chi connectivity index (χ0n) is 18.7. The number of hydrogen-bond donors (Lipinski definition) is 1. The van der Waals surface area contributed by atoms with Crippen LogP contribution >= 0.6 is 0 Å². The van der Waals surface area contributed by atoms with E-state index in [1.165, 1.54) is 19.3 Å². The van der Waals surface area contributed by atoms with E-state index in [0.717, 1.165) is 51.7 Å². The van der Waals surface area contributed by atoms with Gasteiger partial charge in [0.05, 0.1) is 24.9 Å². The highest BCUT2D eigenvalue weighted by molar-refractivity contribution is 5.35. The second-order valence-corrected chi connectivity index (χ2v) is 11.8. The molecule has 1 saturated heterocycles. The van der Waals surface area contributed by atoms with Crippen molar-refractivity contribution < 1.29 is 14.6 Å². The van der Waals surface area contributed by atoms with Gasteiger partial charge in [-0.15, -0.1) is 0 Å². The largest absolute Gasteiger partial charge is 0.389 e. The SMILES string of the molecule is C[C@]12CC[C@H]3[C@@H](CC[C@@]4(O)C[C@H]5C(=CCCC#N)C5C[C@]34C)[C@@H]1CCC21OCCO1. The maximum Gasteiger partial charge on any atom is 0.174 e. The van der Waals surface area contributed by atoms with Gasteiger partial charge in [-0.1, -0.05) is 25.5 Å². The molecule has 6 aliphatic rings. The fraction of sp³-hybridized carbons (Fsp3) is 0.885. The van der Waals surface area contributed by atoms with Gasteiger partial charge in [-0.3, -0.25) is 0 Å². The average Bonchev–Trinajstić information content (AvgIpc) is 3.07. The molecule has 1 unspecified atom stereocenters. The van der Waals surface area contributed by atoms with Gasteiger partial charge in [-0.2, -0.15) is 5.26 Å². The minimum Gasteiger partial charge on any atom is -0.389 e. The highest BCUT2D eigenvalue weighted by atomic mass is 16.7. The van der Waals surface area contributed by atoms with Crippen LogP contribution in [0.15, 0.2) is 11.6 Å². The molecule has 1 aliphatic heterocycles. The summed E-state index contributed by atoms with van der Waals surface area (Å²) in [6, 6.07) is 2.27. The van der Waals surface area contributed by atoms with E-state index in [4.69, 9.17) is 14.7 Å². The van der Waals surface area contributed by atoms with Crippen LogP contribution in [0.25, 0.3) is 0 Å². The molecule has 1 N–H and O–H groups in total. The minimum atomic E-state index is -0.509.